The van der Waals surface area contributed by atoms with E-state index in [1.165, 1.54) is 44.5 Å². The molecule has 0 amide bonds. The number of para-hydroxylation sites is 6. The topological polar surface area (TPSA) is 32.8 Å². The van der Waals surface area contributed by atoms with Gasteiger partial charge in [0.2, 0.25) is 0 Å². The number of hydrogen-bond acceptors (Lipinski definition) is 4. The van der Waals surface area contributed by atoms with Crippen molar-refractivity contribution in [3.05, 3.63) is 301 Å². The van der Waals surface area contributed by atoms with Crippen LogP contribution in [0.2, 0.25) is 0 Å². The summed E-state index contributed by atoms with van der Waals surface area (Å²) in [5, 5.41) is 4.50. The number of fused-ring (bicyclic) bond motifs is 16. The first-order valence-electron chi connectivity index (χ1n) is 26.4. The molecule has 0 atom stereocenters. The third-order valence-electron chi connectivity index (χ3n) is 16.3. The molecular weight excluding hydrogens is 937 g/mol. The highest BCUT2D eigenvalue weighted by molar-refractivity contribution is 6.11. The van der Waals surface area contributed by atoms with Gasteiger partial charge in [-0.1, -0.05) is 206 Å². The minimum atomic E-state index is -0.612. The molecule has 4 heteroatoms. The lowest BCUT2D eigenvalue weighted by Gasteiger charge is -2.32. The van der Waals surface area contributed by atoms with E-state index in [0.717, 1.165) is 100 Å². The highest BCUT2D eigenvalue weighted by Crippen LogP contribution is 2.66. The van der Waals surface area contributed by atoms with Gasteiger partial charge in [0.1, 0.15) is 22.3 Å². The van der Waals surface area contributed by atoms with E-state index in [2.05, 4.69) is 265 Å². The predicted molar refractivity (Wildman–Crippen MR) is 318 cm³/mol. The van der Waals surface area contributed by atoms with Gasteiger partial charge in [-0.05, 0) is 117 Å². The van der Waals surface area contributed by atoms with E-state index in [1.54, 1.807) is 0 Å². The molecule has 0 unspecified atom stereocenters. The van der Waals surface area contributed by atoms with Crippen molar-refractivity contribution in [2.45, 2.75) is 5.41 Å². The normalized spacial score (nSPS) is 12.8. The monoisotopic (exact) mass is 982 g/mol. The molecule has 360 valence electrons. The second-order valence-corrected chi connectivity index (χ2v) is 20.2. The van der Waals surface area contributed by atoms with Gasteiger partial charge in [-0.25, -0.2) is 0 Å². The Balaban J connectivity index is 0.866. The molecule has 2 aliphatic carbocycles. The number of benzene rings is 12. The van der Waals surface area contributed by atoms with Crippen molar-refractivity contribution in [3.8, 4) is 44.5 Å². The van der Waals surface area contributed by atoms with Gasteiger partial charge in [0.05, 0.1) is 16.8 Å². The molecule has 0 N–H and O–H groups in total. The molecule has 12 aromatic carbocycles. The van der Waals surface area contributed by atoms with Crippen LogP contribution >= 0.6 is 0 Å². The largest absolute Gasteiger partial charge is 0.455 e. The van der Waals surface area contributed by atoms with Crippen LogP contribution in [0.1, 0.15) is 22.3 Å². The molecule has 2 heterocycles. The first-order chi connectivity index (χ1) is 38.2. The number of anilines is 6. The standard InChI is InChI=1S/C73H46N2O2/c1-3-19-49(20-4-1)74(51-43-39-47(40-44-51)53-27-15-29-57-55-23-9-13-37-67(55)76-71(53)57)65-35-17-33-63-69(65)59-25-7-11-31-61(59)73(63)62-32-12-8-26-60(62)70-64(73)34-18-36-66(70)75(50-21-5-2-6-22-50)52-45-41-48(42-46-52)54-28-16-30-58-56-24-10-14-38-68(56)77-72(54)58/h1-46H. The number of furan rings is 2. The Labute approximate surface area is 445 Å². The molecule has 0 aliphatic heterocycles. The van der Waals surface area contributed by atoms with Crippen LogP contribution in [0.5, 0.6) is 0 Å². The van der Waals surface area contributed by atoms with E-state index >= 15 is 0 Å². The molecule has 0 bridgehead atoms. The smallest absolute Gasteiger partial charge is 0.143 e. The van der Waals surface area contributed by atoms with Crippen molar-refractivity contribution in [2.75, 3.05) is 9.80 Å². The minimum Gasteiger partial charge on any atom is -0.455 e. The summed E-state index contributed by atoms with van der Waals surface area (Å²) < 4.78 is 13.0. The van der Waals surface area contributed by atoms with Crippen LogP contribution in [-0.2, 0) is 5.41 Å². The fraction of sp³-hybridized carbons (Fsp3) is 0.0137. The predicted octanol–water partition coefficient (Wildman–Crippen LogP) is 20.1. The lowest BCUT2D eigenvalue weighted by atomic mass is 9.70. The van der Waals surface area contributed by atoms with Crippen molar-refractivity contribution < 1.29 is 8.83 Å². The molecule has 2 aliphatic rings. The molecule has 0 radical (unpaired) electrons. The fourth-order valence-corrected chi connectivity index (χ4v) is 13.1. The summed E-state index contributed by atoms with van der Waals surface area (Å²) in [6.45, 7) is 0. The average Bonchev–Trinajstić information content (AvgIpc) is 3.98. The Bertz CT molecular complexity index is 4330. The van der Waals surface area contributed by atoms with E-state index in [9.17, 15) is 0 Å². The lowest BCUT2D eigenvalue weighted by Crippen LogP contribution is -2.26. The maximum atomic E-state index is 6.52. The first kappa shape index (κ1) is 43.3. The van der Waals surface area contributed by atoms with Gasteiger partial charge in [0.15, 0.2) is 0 Å². The van der Waals surface area contributed by atoms with Gasteiger partial charge < -0.3 is 18.6 Å². The Morgan fingerprint density at radius 3 is 1.04 bits per heavy atom. The number of hydrogen-bond donors (Lipinski definition) is 0. The van der Waals surface area contributed by atoms with Crippen molar-refractivity contribution in [1.29, 1.82) is 0 Å². The summed E-state index contributed by atoms with van der Waals surface area (Å²) in [6.07, 6.45) is 0. The van der Waals surface area contributed by atoms with E-state index in [-0.39, 0.29) is 0 Å². The zero-order valence-electron chi connectivity index (χ0n) is 41.8. The highest BCUT2D eigenvalue weighted by atomic mass is 16.3. The van der Waals surface area contributed by atoms with Crippen LogP contribution in [-0.4, -0.2) is 0 Å². The van der Waals surface area contributed by atoms with Crippen LogP contribution < -0.4 is 9.80 Å². The summed E-state index contributed by atoms with van der Waals surface area (Å²) in [6, 6.07) is 101. The van der Waals surface area contributed by atoms with Crippen LogP contribution in [0.4, 0.5) is 34.1 Å². The lowest BCUT2D eigenvalue weighted by molar-refractivity contribution is 0.669. The zero-order valence-corrected chi connectivity index (χ0v) is 41.8. The Kier molecular flexibility index (Phi) is 9.52. The maximum absolute atomic E-state index is 6.52. The van der Waals surface area contributed by atoms with Crippen molar-refractivity contribution >= 4 is 78.0 Å². The van der Waals surface area contributed by atoms with Crippen molar-refractivity contribution in [2.24, 2.45) is 0 Å². The average molecular weight is 983 g/mol. The molecule has 4 nitrogen and oxygen atoms in total. The number of rotatable bonds is 8. The summed E-state index contributed by atoms with van der Waals surface area (Å²) >= 11 is 0. The van der Waals surface area contributed by atoms with E-state index < -0.39 is 5.41 Å². The first-order valence-corrected chi connectivity index (χ1v) is 26.4. The van der Waals surface area contributed by atoms with Crippen molar-refractivity contribution in [1.82, 2.24) is 0 Å². The van der Waals surface area contributed by atoms with Crippen LogP contribution in [0.25, 0.3) is 88.4 Å². The second kappa shape index (κ2) is 16.9. The zero-order chi connectivity index (χ0) is 50.6. The van der Waals surface area contributed by atoms with E-state index in [1.807, 2.05) is 24.3 Å². The molecule has 1 spiro atoms. The van der Waals surface area contributed by atoms with Gasteiger partial charge in [-0.2, -0.15) is 0 Å². The van der Waals surface area contributed by atoms with Crippen LogP contribution in [0.15, 0.2) is 288 Å². The summed E-state index contributed by atoms with van der Waals surface area (Å²) in [5.74, 6) is 0. The Morgan fingerprint density at radius 1 is 0.247 bits per heavy atom. The quantitative estimate of drug-likeness (QED) is 0.152. The fourth-order valence-electron chi connectivity index (χ4n) is 13.1. The SMILES string of the molecule is c1ccc(N(c2ccc(-c3cccc4c3oc3ccccc34)cc2)c2cccc3c2-c2ccccc2C32c3ccccc3-c3c(N(c4ccccc4)c4ccc(-c5cccc6c5oc5ccccc56)cc4)cccc32)cc1. The summed E-state index contributed by atoms with van der Waals surface area (Å²) in [5.41, 5.74) is 23.9. The molecule has 2 aromatic heterocycles. The molecular formula is C73H46N2O2. The number of nitrogens with zero attached hydrogens (tertiary/aromatic N) is 2. The van der Waals surface area contributed by atoms with Crippen molar-refractivity contribution in [3.63, 3.8) is 0 Å². The van der Waals surface area contributed by atoms with Gasteiger partial charge in [0.25, 0.3) is 0 Å². The van der Waals surface area contributed by atoms with Gasteiger partial charge in [0, 0.05) is 66.5 Å². The third-order valence-corrected chi connectivity index (χ3v) is 16.3. The van der Waals surface area contributed by atoms with E-state index in [0.29, 0.717) is 0 Å². The minimum absolute atomic E-state index is 0.612. The van der Waals surface area contributed by atoms with E-state index in [4.69, 9.17) is 8.83 Å². The van der Waals surface area contributed by atoms with Crippen LogP contribution in [0.3, 0.4) is 0 Å². The van der Waals surface area contributed by atoms with Crippen LogP contribution in [0, 0.1) is 0 Å². The summed E-state index contributed by atoms with van der Waals surface area (Å²) in [4.78, 5) is 4.88. The third kappa shape index (κ3) is 6.33. The highest BCUT2D eigenvalue weighted by Gasteiger charge is 2.53. The Hall–Kier alpha value is -10.2. The second-order valence-electron chi connectivity index (χ2n) is 20.2. The molecule has 0 saturated carbocycles. The molecule has 16 rings (SSSR count). The maximum Gasteiger partial charge on any atom is 0.143 e. The molecule has 14 aromatic rings. The molecule has 77 heavy (non-hydrogen) atoms. The van der Waals surface area contributed by atoms with Gasteiger partial charge in [-0.15, -0.1) is 0 Å². The van der Waals surface area contributed by atoms with Gasteiger partial charge in [-0.3, -0.25) is 0 Å². The molecule has 0 saturated heterocycles. The van der Waals surface area contributed by atoms with Gasteiger partial charge >= 0.3 is 0 Å². The summed E-state index contributed by atoms with van der Waals surface area (Å²) in [7, 11) is 0. The Morgan fingerprint density at radius 2 is 0.584 bits per heavy atom. The molecule has 0 fully saturated rings.